The molecule has 2 rings (SSSR count). The van der Waals surface area contributed by atoms with Crippen molar-refractivity contribution >= 4 is 0 Å². The van der Waals surface area contributed by atoms with Gasteiger partial charge in [0.1, 0.15) is 0 Å². The van der Waals surface area contributed by atoms with E-state index in [9.17, 15) is 0 Å². The van der Waals surface area contributed by atoms with Gasteiger partial charge in [0.05, 0.1) is 0 Å². The van der Waals surface area contributed by atoms with E-state index in [-0.39, 0.29) is 0 Å². The number of nitrogens with zero attached hydrogens (tertiary/aromatic N) is 1. The number of hydrogen-bond donors (Lipinski definition) is 0. The largest absolute Gasteiger partial charge is 0.296 e. The van der Waals surface area contributed by atoms with Gasteiger partial charge in [-0.1, -0.05) is 37.3 Å². The van der Waals surface area contributed by atoms with Gasteiger partial charge < -0.3 is 0 Å². The van der Waals surface area contributed by atoms with Crippen molar-refractivity contribution in [1.29, 1.82) is 0 Å². The topological polar surface area (TPSA) is 3.24 Å². The fraction of sp³-hybridized carbons (Fsp3) is 0.600. The second-order valence-electron chi connectivity index (χ2n) is 5.02. The first-order chi connectivity index (χ1) is 7.81. The summed E-state index contributed by atoms with van der Waals surface area (Å²) in [5, 5.41) is 0. The van der Waals surface area contributed by atoms with Crippen molar-refractivity contribution in [2.24, 2.45) is 5.92 Å². The molecule has 1 fully saturated rings. The van der Waals surface area contributed by atoms with Crippen molar-refractivity contribution in [3.8, 4) is 0 Å². The Bertz CT molecular complexity index is 302. The highest BCUT2D eigenvalue weighted by Crippen LogP contribution is 2.32. The van der Waals surface area contributed by atoms with Crippen LogP contribution in [0.4, 0.5) is 0 Å². The summed E-state index contributed by atoms with van der Waals surface area (Å²) in [7, 11) is 0. The van der Waals surface area contributed by atoms with E-state index in [1.807, 2.05) is 0 Å². The molecule has 1 unspecified atom stereocenters. The Kier molecular flexibility index (Phi) is 4.00. The van der Waals surface area contributed by atoms with Crippen LogP contribution in [0, 0.1) is 5.92 Å². The molecule has 0 bridgehead atoms. The average molecular weight is 217 g/mol. The fourth-order valence-electron chi connectivity index (χ4n) is 2.30. The fourth-order valence-corrected chi connectivity index (χ4v) is 2.30. The predicted molar refractivity (Wildman–Crippen MR) is 69.4 cm³/mol. The monoisotopic (exact) mass is 217 g/mol. The summed E-state index contributed by atoms with van der Waals surface area (Å²) in [6, 6.07) is 11.5. The Morgan fingerprint density at radius 1 is 1.25 bits per heavy atom. The van der Waals surface area contributed by atoms with Crippen LogP contribution in [0.1, 0.15) is 44.7 Å². The minimum Gasteiger partial charge on any atom is -0.296 e. The third-order valence-electron chi connectivity index (χ3n) is 3.53. The lowest BCUT2D eigenvalue weighted by molar-refractivity contribution is 0.202. The highest BCUT2D eigenvalue weighted by atomic mass is 15.2. The van der Waals surface area contributed by atoms with Gasteiger partial charge >= 0.3 is 0 Å². The van der Waals surface area contributed by atoms with E-state index in [0.717, 1.165) is 5.92 Å². The van der Waals surface area contributed by atoms with E-state index >= 15 is 0 Å². The third kappa shape index (κ3) is 3.08. The molecule has 1 aromatic carbocycles. The lowest BCUT2D eigenvalue weighted by atomic mass is 10.1. The van der Waals surface area contributed by atoms with Gasteiger partial charge in [-0.2, -0.15) is 0 Å². The maximum absolute atomic E-state index is 2.65. The van der Waals surface area contributed by atoms with Crippen molar-refractivity contribution in [2.75, 3.05) is 13.1 Å². The first-order valence-electron chi connectivity index (χ1n) is 6.60. The molecule has 0 spiro atoms. The molecule has 0 aliphatic heterocycles. The van der Waals surface area contributed by atoms with Crippen LogP contribution in [0.25, 0.3) is 0 Å². The predicted octanol–water partition coefficient (Wildman–Crippen LogP) is 3.87. The molecule has 0 amide bonds. The highest BCUT2D eigenvalue weighted by molar-refractivity contribution is 5.18. The lowest BCUT2D eigenvalue weighted by Crippen LogP contribution is -2.29. The van der Waals surface area contributed by atoms with Crippen LogP contribution >= 0.6 is 0 Å². The molecule has 1 aliphatic rings. The molecular weight excluding hydrogens is 194 g/mol. The molecular formula is C15H23N. The Labute approximate surface area is 99.5 Å². The molecule has 1 aliphatic carbocycles. The van der Waals surface area contributed by atoms with E-state index in [1.165, 1.54) is 37.9 Å². The second-order valence-corrected chi connectivity index (χ2v) is 5.02. The molecule has 1 saturated carbocycles. The molecule has 1 nitrogen and oxygen atoms in total. The zero-order valence-corrected chi connectivity index (χ0v) is 10.5. The summed E-state index contributed by atoms with van der Waals surface area (Å²) in [4.78, 5) is 2.65. The Hall–Kier alpha value is -0.820. The Balaban J connectivity index is 2.00. The van der Waals surface area contributed by atoms with Crippen molar-refractivity contribution in [1.82, 2.24) is 4.90 Å². The highest BCUT2D eigenvalue weighted by Gasteiger charge is 2.26. The summed E-state index contributed by atoms with van der Waals surface area (Å²) >= 11 is 0. The first kappa shape index (κ1) is 11.7. The minimum atomic E-state index is 0.571. The number of rotatable bonds is 6. The molecule has 0 radical (unpaired) electrons. The van der Waals surface area contributed by atoms with E-state index in [1.54, 1.807) is 0 Å². The standard InChI is InChI=1S/C15H23N/c1-3-11-16(12-14-9-10-14)13(2)15-7-5-4-6-8-15/h4-8,13-14H,3,9-12H2,1-2H3. The second kappa shape index (κ2) is 5.49. The summed E-state index contributed by atoms with van der Waals surface area (Å²) in [5.41, 5.74) is 1.46. The molecule has 1 heteroatoms. The third-order valence-corrected chi connectivity index (χ3v) is 3.53. The summed E-state index contributed by atoms with van der Waals surface area (Å²) in [5.74, 6) is 0.984. The minimum absolute atomic E-state index is 0.571. The molecule has 0 N–H and O–H groups in total. The molecule has 88 valence electrons. The lowest BCUT2D eigenvalue weighted by Gasteiger charge is -2.29. The van der Waals surface area contributed by atoms with E-state index in [0.29, 0.717) is 6.04 Å². The zero-order valence-electron chi connectivity index (χ0n) is 10.5. The smallest absolute Gasteiger partial charge is 0.0319 e. The van der Waals surface area contributed by atoms with Crippen LogP contribution in [0.2, 0.25) is 0 Å². The number of hydrogen-bond acceptors (Lipinski definition) is 1. The summed E-state index contributed by atoms with van der Waals surface area (Å²) in [6.45, 7) is 7.14. The molecule has 16 heavy (non-hydrogen) atoms. The van der Waals surface area contributed by atoms with Gasteiger partial charge in [-0.15, -0.1) is 0 Å². The maximum atomic E-state index is 2.65. The molecule has 1 aromatic rings. The van der Waals surface area contributed by atoms with Crippen LogP contribution < -0.4 is 0 Å². The summed E-state index contributed by atoms with van der Waals surface area (Å²) < 4.78 is 0. The van der Waals surface area contributed by atoms with E-state index in [4.69, 9.17) is 0 Å². The SMILES string of the molecule is CCCN(CC1CC1)C(C)c1ccccc1. The van der Waals surface area contributed by atoms with Crippen LogP contribution in [-0.2, 0) is 0 Å². The van der Waals surface area contributed by atoms with E-state index in [2.05, 4.69) is 49.1 Å². The van der Waals surface area contributed by atoms with Crippen molar-refractivity contribution < 1.29 is 0 Å². The van der Waals surface area contributed by atoms with Gasteiger partial charge in [-0.05, 0) is 44.2 Å². The van der Waals surface area contributed by atoms with Crippen molar-refractivity contribution in [3.63, 3.8) is 0 Å². The van der Waals surface area contributed by atoms with E-state index < -0.39 is 0 Å². The molecule has 1 atom stereocenters. The molecule has 0 heterocycles. The molecule has 0 saturated heterocycles. The van der Waals surface area contributed by atoms with Gasteiger partial charge in [0.25, 0.3) is 0 Å². The van der Waals surface area contributed by atoms with Crippen LogP contribution in [0.3, 0.4) is 0 Å². The van der Waals surface area contributed by atoms with Gasteiger partial charge in [-0.25, -0.2) is 0 Å². The molecule has 0 aromatic heterocycles. The first-order valence-corrected chi connectivity index (χ1v) is 6.60. The van der Waals surface area contributed by atoms with Gasteiger partial charge in [0, 0.05) is 12.6 Å². The Morgan fingerprint density at radius 2 is 1.94 bits per heavy atom. The quantitative estimate of drug-likeness (QED) is 0.699. The normalized spacial score (nSPS) is 17.7. The van der Waals surface area contributed by atoms with Gasteiger partial charge in [0.15, 0.2) is 0 Å². The van der Waals surface area contributed by atoms with Crippen molar-refractivity contribution in [3.05, 3.63) is 35.9 Å². The summed E-state index contributed by atoms with van der Waals surface area (Å²) in [6.07, 6.45) is 4.15. The Morgan fingerprint density at radius 3 is 2.50 bits per heavy atom. The number of benzene rings is 1. The van der Waals surface area contributed by atoms with Gasteiger partial charge in [0.2, 0.25) is 0 Å². The van der Waals surface area contributed by atoms with Gasteiger partial charge in [-0.3, -0.25) is 4.90 Å². The maximum Gasteiger partial charge on any atom is 0.0319 e. The average Bonchev–Trinajstić information content (AvgIpc) is 3.13. The van der Waals surface area contributed by atoms with Crippen LogP contribution in [0.15, 0.2) is 30.3 Å². The van der Waals surface area contributed by atoms with Crippen LogP contribution in [-0.4, -0.2) is 18.0 Å². The zero-order chi connectivity index (χ0) is 11.4. The van der Waals surface area contributed by atoms with Crippen molar-refractivity contribution in [2.45, 2.75) is 39.2 Å². The van der Waals surface area contributed by atoms with Crippen LogP contribution in [0.5, 0.6) is 0 Å².